The van der Waals surface area contributed by atoms with Gasteiger partial charge in [-0.3, -0.25) is 9.69 Å². The maximum Gasteiger partial charge on any atom is 0.258 e. The van der Waals surface area contributed by atoms with Crippen LogP contribution in [0.1, 0.15) is 36.9 Å². The van der Waals surface area contributed by atoms with Crippen LogP contribution in [0.2, 0.25) is 0 Å². The minimum absolute atomic E-state index is 0.0341. The zero-order valence-corrected chi connectivity index (χ0v) is 16.8. The van der Waals surface area contributed by atoms with E-state index in [0.29, 0.717) is 6.54 Å². The highest BCUT2D eigenvalue weighted by Gasteiger charge is 2.24. The summed E-state index contributed by atoms with van der Waals surface area (Å²) in [4.78, 5) is 14.8. The predicted octanol–water partition coefficient (Wildman–Crippen LogP) is 3.59. The van der Waals surface area contributed by atoms with Crippen LogP contribution in [0.15, 0.2) is 48.5 Å². The van der Waals surface area contributed by atoms with Gasteiger partial charge in [0.25, 0.3) is 5.91 Å². The summed E-state index contributed by atoms with van der Waals surface area (Å²) in [6.45, 7) is 4.81. The van der Waals surface area contributed by atoms with Gasteiger partial charge in [-0.2, -0.15) is 0 Å². The van der Waals surface area contributed by atoms with E-state index in [1.807, 2.05) is 36.4 Å². The molecule has 150 valence electrons. The molecule has 1 unspecified atom stereocenters. The summed E-state index contributed by atoms with van der Waals surface area (Å²) in [7, 11) is 1.67. The summed E-state index contributed by atoms with van der Waals surface area (Å²) in [5, 5.41) is 3.06. The van der Waals surface area contributed by atoms with E-state index in [4.69, 9.17) is 9.47 Å². The second-order valence-corrected chi connectivity index (χ2v) is 7.09. The average molecular weight is 383 g/mol. The van der Waals surface area contributed by atoms with Crippen LogP contribution in [-0.4, -0.2) is 44.2 Å². The molecule has 1 aliphatic heterocycles. The molecule has 1 heterocycles. The molecule has 1 saturated heterocycles. The van der Waals surface area contributed by atoms with E-state index in [2.05, 4.69) is 29.3 Å². The van der Waals surface area contributed by atoms with Crippen molar-refractivity contribution in [3.8, 4) is 11.5 Å². The number of aryl methyl sites for hydroxylation is 1. The van der Waals surface area contributed by atoms with Crippen LogP contribution < -0.4 is 14.8 Å². The maximum absolute atomic E-state index is 12.4. The molecule has 1 fully saturated rings. The lowest BCUT2D eigenvalue weighted by Crippen LogP contribution is -2.38. The highest BCUT2D eigenvalue weighted by molar-refractivity contribution is 5.77. The molecule has 1 aliphatic rings. The second-order valence-electron chi connectivity index (χ2n) is 7.09. The minimum atomic E-state index is -0.0939. The van der Waals surface area contributed by atoms with E-state index in [1.54, 1.807) is 7.11 Å². The van der Waals surface area contributed by atoms with Gasteiger partial charge in [-0.25, -0.2) is 0 Å². The molecule has 5 nitrogen and oxygen atoms in total. The Balaban J connectivity index is 1.58. The number of methoxy groups -OCH3 is 1. The van der Waals surface area contributed by atoms with Crippen molar-refractivity contribution in [2.75, 3.05) is 33.4 Å². The van der Waals surface area contributed by atoms with Crippen molar-refractivity contribution in [3.05, 3.63) is 59.7 Å². The molecule has 3 rings (SSSR count). The first kappa shape index (κ1) is 20.2. The zero-order valence-electron chi connectivity index (χ0n) is 16.8. The Hall–Kier alpha value is -2.53. The lowest BCUT2D eigenvalue weighted by molar-refractivity contribution is -0.123. The Morgan fingerprint density at radius 3 is 2.50 bits per heavy atom. The van der Waals surface area contributed by atoms with E-state index < -0.39 is 0 Å². The van der Waals surface area contributed by atoms with Crippen LogP contribution in [0.5, 0.6) is 11.5 Å². The zero-order chi connectivity index (χ0) is 19.8. The molecular formula is C23H30N2O3. The van der Waals surface area contributed by atoms with Crippen molar-refractivity contribution < 1.29 is 14.3 Å². The quantitative estimate of drug-likeness (QED) is 0.720. The maximum atomic E-state index is 12.4. The molecule has 0 spiro atoms. The number of carbonyl (C=O) groups excluding carboxylic acids is 1. The smallest absolute Gasteiger partial charge is 0.258 e. The van der Waals surface area contributed by atoms with Crippen molar-refractivity contribution in [3.63, 3.8) is 0 Å². The van der Waals surface area contributed by atoms with Gasteiger partial charge in [-0.05, 0) is 61.7 Å². The molecule has 28 heavy (non-hydrogen) atoms. The number of hydrogen-bond acceptors (Lipinski definition) is 4. The van der Waals surface area contributed by atoms with Crippen LogP contribution in [-0.2, 0) is 11.2 Å². The number of nitrogens with one attached hydrogen (secondary N) is 1. The van der Waals surface area contributed by atoms with Crippen LogP contribution in [0.25, 0.3) is 0 Å². The van der Waals surface area contributed by atoms with Gasteiger partial charge in [0.15, 0.2) is 6.61 Å². The van der Waals surface area contributed by atoms with Gasteiger partial charge in [-0.15, -0.1) is 0 Å². The van der Waals surface area contributed by atoms with Crippen LogP contribution in [0.4, 0.5) is 0 Å². The number of nitrogens with zero attached hydrogens (tertiary/aromatic N) is 1. The van der Waals surface area contributed by atoms with Gasteiger partial charge < -0.3 is 14.8 Å². The standard InChI is InChI=1S/C23H30N2O3/c1-3-18-8-4-5-9-22(18)28-17-23(26)24-16-21(25-14-6-7-15-25)19-10-12-20(27-2)13-11-19/h4-5,8-13,21H,3,6-7,14-17H2,1-2H3,(H,24,26). The van der Waals surface area contributed by atoms with Crippen molar-refractivity contribution in [1.29, 1.82) is 0 Å². The molecule has 0 aromatic heterocycles. The summed E-state index contributed by atoms with van der Waals surface area (Å²) in [5.74, 6) is 1.53. The Bertz CT molecular complexity index is 755. The van der Waals surface area contributed by atoms with Crippen LogP contribution in [0, 0.1) is 0 Å². The lowest BCUT2D eigenvalue weighted by Gasteiger charge is -2.28. The molecule has 0 aliphatic carbocycles. The number of amides is 1. The first-order chi connectivity index (χ1) is 13.7. The number of hydrogen-bond donors (Lipinski definition) is 1. The third-order valence-electron chi connectivity index (χ3n) is 5.29. The highest BCUT2D eigenvalue weighted by Crippen LogP contribution is 2.26. The number of benzene rings is 2. The number of likely N-dealkylation sites (tertiary alicyclic amines) is 1. The molecule has 5 heteroatoms. The monoisotopic (exact) mass is 382 g/mol. The molecule has 2 aromatic rings. The van der Waals surface area contributed by atoms with Crippen molar-refractivity contribution in [1.82, 2.24) is 10.2 Å². The Labute approximate surface area is 167 Å². The Morgan fingerprint density at radius 1 is 1.11 bits per heavy atom. The van der Waals surface area contributed by atoms with E-state index in [0.717, 1.165) is 36.6 Å². The van der Waals surface area contributed by atoms with Gasteiger partial charge in [0.05, 0.1) is 13.2 Å². The Kier molecular flexibility index (Phi) is 7.31. The predicted molar refractivity (Wildman–Crippen MR) is 111 cm³/mol. The third kappa shape index (κ3) is 5.26. The number of ether oxygens (including phenoxy) is 2. The van der Waals surface area contributed by atoms with Gasteiger partial charge in [0.1, 0.15) is 11.5 Å². The van der Waals surface area contributed by atoms with Gasteiger partial charge in [0.2, 0.25) is 0 Å². The molecule has 0 radical (unpaired) electrons. The van der Waals surface area contributed by atoms with Crippen molar-refractivity contribution >= 4 is 5.91 Å². The summed E-state index contributed by atoms with van der Waals surface area (Å²) < 4.78 is 11.0. The number of rotatable bonds is 9. The van der Waals surface area contributed by atoms with Crippen molar-refractivity contribution in [2.24, 2.45) is 0 Å². The third-order valence-corrected chi connectivity index (χ3v) is 5.29. The fourth-order valence-corrected chi connectivity index (χ4v) is 3.68. The molecular weight excluding hydrogens is 352 g/mol. The van der Waals surface area contributed by atoms with E-state index in [9.17, 15) is 4.79 Å². The molecule has 1 N–H and O–H groups in total. The van der Waals surface area contributed by atoms with Gasteiger partial charge in [0, 0.05) is 6.54 Å². The summed E-state index contributed by atoms with van der Waals surface area (Å²) in [6.07, 6.45) is 3.29. The fraction of sp³-hybridized carbons (Fsp3) is 0.435. The number of para-hydroxylation sites is 1. The number of carbonyl (C=O) groups is 1. The van der Waals surface area contributed by atoms with E-state index >= 15 is 0 Å². The molecule has 2 aromatic carbocycles. The topological polar surface area (TPSA) is 50.8 Å². The first-order valence-electron chi connectivity index (χ1n) is 10.1. The summed E-state index contributed by atoms with van der Waals surface area (Å²) >= 11 is 0. The average Bonchev–Trinajstić information content (AvgIpc) is 3.27. The van der Waals surface area contributed by atoms with Gasteiger partial charge >= 0.3 is 0 Å². The molecule has 1 atom stereocenters. The molecule has 1 amide bonds. The van der Waals surface area contributed by atoms with Crippen LogP contribution >= 0.6 is 0 Å². The summed E-state index contributed by atoms with van der Waals surface area (Å²) in [6, 6.07) is 16.2. The van der Waals surface area contributed by atoms with Crippen molar-refractivity contribution in [2.45, 2.75) is 32.2 Å². The Morgan fingerprint density at radius 2 is 1.82 bits per heavy atom. The van der Waals surface area contributed by atoms with E-state index in [-0.39, 0.29) is 18.6 Å². The largest absolute Gasteiger partial charge is 0.497 e. The fourth-order valence-electron chi connectivity index (χ4n) is 3.68. The normalized spacial score (nSPS) is 15.2. The second kappa shape index (κ2) is 10.1. The van der Waals surface area contributed by atoms with Crippen LogP contribution in [0.3, 0.4) is 0 Å². The SMILES string of the molecule is CCc1ccccc1OCC(=O)NCC(c1ccc(OC)cc1)N1CCCC1. The highest BCUT2D eigenvalue weighted by atomic mass is 16.5. The van der Waals surface area contributed by atoms with Gasteiger partial charge in [-0.1, -0.05) is 37.3 Å². The van der Waals surface area contributed by atoms with E-state index in [1.165, 1.54) is 18.4 Å². The lowest BCUT2D eigenvalue weighted by atomic mass is 10.1. The molecule has 0 bridgehead atoms. The molecule has 0 saturated carbocycles. The first-order valence-corrected chi connectivity index (χ1v) is 10.1. The minimum Gasteiger partial charge on any atom is -0.497 e. The summed E-state index contributed by atoms with van der Waals surface area (Å²) in [5.41, 5.74) is 2.31.